The third-order valence-electron chi connectivity index (χ3n) is 8.42. The Bertz CT molecular complexity index is 1610. The van der Waals surface area contributed by atoms with E-state index in [0.717, 1.165) is 36.5 Å². The number of sulfonamides is 1. The second kappa shape index (κ2) is 13.0. The number of carbonyl (C=O) groups excluding carboxylic acids is 2. The van der Waals surface area contributed by atoms with Crippen LogP contribution in [0.5, 0.6) is 0 Å². The maximum atomic E-state index is 13.9. The van der Waals surface area contributed by atoms with E-state index in [-0.39, 0.29) is 42.6 Å². The van der Waals surface area contributed by atoms with Crippen molar-refractivity contribution in [3.8, 4) is 6.07 Å². The first-order valence-corrected chi connectivity index (χ1v) is 15.9. The fourth-order valence-electron chi connectivity index (χ4n) is 6.28. The number of benzene rings is 3. The molecular formula is C32H36N4O5S. The van der Waals surface area contributed by atoms with Crippen molar-refractivity contribution in [2.45, 2.75) is 55.4 Å². The molecule has 0 aromatic heterocycles. The van der Waals surface area contributed by atoms with Crippen molar-refractivity contribution >= 4 is 32.6 Å². The smallest absolute Gasteiger partial charge is 0.249 e. The largest absolute Gasteiger partial charge is 0.374 e. The van der Waals surface area contributed by atoms with Gasteiger partial charge in [-0.3, -0.25) is 9.59 Å². The number of fused-ring (bicyclic) bond motifs is 1. The summed E-state index contributed by atoms with van der Waals surface area (Å²) in [6.45, 7) is 0.454. The van der Waals surface area contributed by atoms with Crippen molar-refractivity contribution in [2.24, 2.45) is 11.7 Å². The monoisotopic (exact) mass is 588 g/mol. The molecule has 220 valence electrons. The van der Waals surface area contributed by atoms with Gasteiger partial charge in [-0.15, -0.1) is 0 Å². The Hall–Kier alpha value is -3.78. The number of hydrogen-bond acceptors (Lipinski definition) is 6. The van der Waals surface area contributed by atoms with Gasteiger partial charge in [0.2, 0.25) is 21.8 Å². The van der Waals surface area contributed by atoms with Gasteiger partial charge in [-0.1, -0.05) is 80.6 Å². The van der Waals surface area contributed by atoms with Crippen molar-refractivity contribution in [3.05, 3.63) is 77.4 Å². The number of primary amides is 1. The molecule has 0 spiro atoms. The predicted molar refractivity (Wildman–Crippen MR) is 159 cm³/mol. The topological polar surface area (TPSA) is 143 Å². The minimum atomic E-state index is -3.92. The van der Waals surface area contributed by atoms with E-state index in [2.05, 4.69) is 5.32 Å². The summed E-state index contributed by atoms with van der Waals surface area (Å²) in [5.41, 5.74) is 6.96. The van der Waals surface area contributed by atoms with Crippen LogP contribution in [0, 0.1) is 17.2 Å². The van der Waals surface area contributed by atoms with Crippen molar-refractivity contribution in [2.75, 3.05) is 26.2 Å². The minimum absolute atomic E-state index is 0.0399. The highest BCUT2D eigenvalue weighted by Gasteiger charge is 2.34. The Morgan fingerprint density at radius 1 is 1.05 bits per heavy atom. The Morgan fingerprint density at radius 2 is 1.79 bits per heavy atom. The number of rotatable bonds is 9. The molecule has 0 radical (unpaired) electrons. The van der Waals surface area contributed by atoms with Crippen LogP contribution < -0.4 is 11.1 Å². The highest BCUT2D eigenvalue weighted by molar-refractivity contribution is 7.89. The molecule has 1 saturated carbocycles. The lowest BCUT2D eigenvalue weighted by molar-refractivity contribution is -0.124. The SMILES string of the molecule is N#Cc1ccccc1S(=O)(=O)N1CCOC(CNC(=O)[C@@H](CC2CCCCC2)c2ccc3ccccc3c2C(N)=O)C1. The van der Waals surface area contributed by atoms with Crippen LogP contribution in [0.2, 0.25) is 0 Å². The second-order valence-corrected chi connectivity index (χ2v) is 13.0. The van der Waals surface area contributed by atoms with Crippen molar-refractivity contribution in [1.82, 2.24) is 9.62 Å². The fraction of sp³-hybridized carbons (Fsp3) is 0.406. The second-order valence-electron chi connectivity index (χ2n) is 11.1. The highest BCUT2D eigenvalue weighted by Crippen LogP contribution is 2.36. The first-order valence-electron chi connectivity index (χ1n) is 14.5. The van der Waals surface area contributed by atoms with Crippen LogP contribution in [0.4, 0.5) is 0 Å². The quantitative estimate of drug-likeness (QED) is 0.386. The van der Waals surface area contributed by atoms with Crippen LogP contribution >= 0.6 is 0 Å². The summed E-state index contributed by atoms with van der Waals surface area (Å²) in [5.74, 6) is -1.05. The van der Waals surface area contributed by atoms with E-state index >= 15 is 0 Å². The Labute approximate surface area is 246 Å². The van der Waals surface area contributed by atoms with E-state index in [4.69, 9.17) is 10.5 Å². The number of hydrogen-bond donors (Lipinski definition) is 2. The molecule has 9 nitrogen and oxygen atoms in total. The van der Waals surface area contributed by atoms with Crippen LogP contribution in [0.15, 0.2) is 65.6 Å². The lowest BCUT2D eigenvalue weighted by Crippen LogP contribution is -2.50. The molecular weight excluding hydrogens is 552 g/mol. The maximum Gasteiger partial charge on any atom is 0.249 e. The zero-order chi connectivity index (χ0) is 29.7. The lowest BCUT2D eigenvalue weighted by Gasteiger charge is -2.33. The third kappa shape index (κ3) is 6.33. The molecule has 0 bridgehead atoms. The molecule has 2 fully saturated rings. The average Bonchev–Trinajstić information content (AvgIpc) is 3.02. The molecule has 1 unspecified atom stereocenters. The van der Waals surface area contributed by atoms with Gasteiger partial charge in [-0.05, 0) is 40.8 Å². The molecule has 3 N–H and O–H groups in total. The standard InChI is InChI=1S/C32H36N4O5S/c33-19-24-11-5-7-13-29(24)42(39,40)36-16-17-41-25(21-36)20-35-32(38)28(18-22-8-2-1-3-9-22)27-15-14-23-10-4-6-12-26(23)30(27)31(34)37/h4-7,10-15,22,25,28H,1-3,8-9,16-18,20-21H2,(H2,34,37)(H,35,38)/t25?,28-/m0/s1. The molecule has 1 aliphatic carbocycles. The van der Waals surface area contributed by atoms with Gasteiger partial charge in [0.1, 0.15) is 6.07 Å². The van der Waals surface area contributed by atoms with Gasteiger partial charge in [0, 0.05) is 19.6 Å². The van der Waals surface area contributed by atoms with Crippen LogP contribution in [0.1, 0.15) is 65.9 Å². The average molecular weight is 589 g/mol. The number of amides is 2. The molecule has 1 saturated heterocycles. The Morgan fingerprint density at radius 3 is 2.55 bits per heavy atom. The number of carbonyl (C=O) groups is 2. The van der Waals surface area contributed by atoms with Gasteiger partial charge in [0.25, 0.3) is 0 Å². The number of nitrogens with two attached hydrogens (primary N) is 1. The molecule has 2 atom stereocenters. The van der Waals surface area contributed by atoms with Gasteiger partial charge >= 0.3 is 0 Å². The molecule has 1 aliphatic heterocycles. The molecule has 3 aromatic carbocycles. The summed E-state index contributed by atoms with van der Waals surface area (Å²) in [5, 5.41) is 14.0. The van der Waals surface area contributed by atoms with Crippen molar-refractivity contribution < 1.29 is 22.7 Å². The molecule has 10 heteroatoms. The van der Waals surface area contributed by atoms with E-state index < -0.39 is 28.0 Å². The number of nitrogens with one attached hydrogen (secondary N) is 1. The predicted octanol–water partition coefficient (Wildman–Crippen LogP) is 4.07. The number of morpholine rings is 1. The van der Waals surface area contributed by atoms with E-state index in [0.29, 0.717) is 23.5 Å². The molecule has 3 aromatic rings. The zero-order valence-corrected chi connectivity index (χ0v) is 24.3. The number of nitrogens with zero attached hydrogens (tertiary/aromatic N) is 2. The van der Waals surface area contributed by atoms with Crippen molar-refractivity contribution in [3.63, 3.8) is 0 Å². The van der Waals surface area contributed by atoms with Crippen LogP contribution in [-0.4, -0.2) is 56.9 Å². The lowest BCUT2D eigenvalue weighted by atomic mass is 9.78. The summed E-state index contributed by atoms with van der Waals surface area (Å²) in [6, 6.07) is 19.3. The molecule has 2 amide bonds. The number of ether oxygens (including phenoxy) is 1. The zero-order valence-electron chi connectivity index (χ0n) is 23.5. The highest BCUT2D eigenvalue weighted by atomic mass is 32.2. The Kier molecular flexibility index (Phi) is 9.21. The van der Waals surface area contributed by atoms with Gasteiger partial charge in [0.15, 0.2) is 0 Å². The maximum absolute atomic E-state index is 13.9. The van der Waals surface area contributed by atoms with Gasteiger partial charge in [-0.25, -0.2) is 8.42 Å². The fourth-order valence-corrected chi connectivity index (χ4v) is 7.88. The first kappa shape index (κ1) is 29.7. The van der Waals surface area contributed by atoms with Gasteiger partial charge in [-0.2, -0.15) is 9.57 Å². The summed E-state index contributed by atoms with van der Waals surface area (Å²) < 4.78 is 33.9. The van der Waals surface area contributed by atoms with E-state index in [9.17, 15) is 23.3 Å². The molecule has 1 heterocycles. The van der Waals surface area contributed by atoms with E-state index in [1.807, 2.05) is 42.5 Å². The summed E-state index contributed by atoms with van der Waals surface area (Å²) in [6.07, 6.45) is 5.52. The van der Waals surface area contributed by atoms with Crippen LogP contribution in [0.3, 0.4) is 0 Å². The Balaban J connectivity index is 1.36. The van der Waals surface area contributed by atoms with Crippen LogP contribution in [-0.2, 0) is 19.6 Å². The number of nitriles is 1. The molecule has 5 rings (SSSR count). The van der Waals surface area contributed by atoms with Crippen molar-refractivity contribution in [1.29, 1.82) is 5.26 Å². The molecule has 42 heavy (non-hydrogen) atoms. The van der Waals surface area contributed by atoms with Gasteiger partial charge in [0.05, 0.1) is 34.7 Å². The summed E-state index contributed by atoms with van der Waals surface area (Å²) >= 11 is 0. The van der Waals surface area contributed by atoms with E-state index in [1.54, 1.807) is 12.1 Å². The first-order chi connectivity index (χ1) is 20.3. The van der Waals surface area contributed by atoms with Gasteiger partial charge < -0.3 is 15.8 Å². The normalized spacial score (nSPS) is 19.2. The summed E-state index contributed by atoms with van der Waals surface area (Å²) in [7, 11) is -3.92. The van der Waals surface area contributed by atoms with E-state index in [1.165, 1.54) is 22.9 Å². The minimum Gasteiger partial charge on any atom is -0.374 e. The third-order valence-corrected chi connectivity index (χ3v) is 10.3. The summed E-state index contributed by atoms with van der Waals surface area (Å²) in [4.78, 5) is 26.6. The molecule has 2 aliphatic rings. The van der Waals surface area contributed by atoms with Crippen LogP contribution in [0.25, 0.3) is 10.8 Å².